The monoisotopic (exact) mass is 568 g/mol. The summed E-state index contributed by atoms with van der Waals surface area (Å²) in [5.41, 5.74) is 4.71. The van der Waals surface area contributed by atoms with Gasteiger partial charge in [0.1, 0.15) is 11.5 Å². The summed E-state index contributed by atoms with van der Waals surface area (Å²) < 4.78 is 16.7. The van der Waals surface area contributed by atoms with Crippen LogP contribution >= 0.6 is 0 Å². The number of carbonyl (C=O) groups excluding carboxylic acids is 1. The predicted octanol–water partition coefficient (Wildman–Crippen LogP) is 4.62. The molecule has 0 aliphatic heterocycles. The van der Waals surface area contributed by atoms with Crippen LogP contribution in [0.5, 0.6) is 11.5 Å². The first-order valence-electron chi connectivity index (χ1n) is 14.5. The van der Waals surface area contributed by atoms with Crippen LogP contribution in [-0.2, 0) is 17.6 Å². The van der Waals surface area contributed by atoms with Gasteiger partial charge in [-0.25, -0.2) is 9.59 Å². The van der Waals surface area contributed by atoms with Gasteiger partial charge in [0.15, 0.2) is 11.4 Å². The molecule has 0 saturated heterocycles. The fourth-order valence-corrected chi connectivity index (χ4v) is 6.91. The summed E-state index contributed by atoms with van der Waals surface area (Å²) in [7, 11) is 0. The van der Waals surface area contributed by atoms with Crippen molar-refractivity contribution in [2.45, 2.75) is 31.6 Å². The van der Waals surface area contributed by atoms with Gasteiger partial charge in [-0.2, -0.15) is 10.2 Å². The molecule has 216 valence electrons. The molecule has 2 aromatic carbocycles. The second-order valence-electron chi connectivity index (χ2n) is 11.3. The van der Waals surface area contributed by atoms with Gasteiger partial charge in [-0.05, 0) is 55.9 Å². The number of hydrogen-bond donors (Lipinski definition) is 3. The normalized spacial score (nSPS) is 25.2. The van der Waals surface area contributed by atoms with Crippen LogP contribution in [0.3, 0.4) is 0 Å². The van der Waals surface area contributed by atoms with Gasteiger partial charge in [0.2, 0.25) is 0 Å². The SMILES string of the molecule is CCOC(=O)c1n[nH]c2c1C[C@H]1[C@@H](COc3ccccc3)[C@@H]21.O=C(O)c1n[nH]c2c1C[C@H]1[C@@H](COc3ccccc3)[C@@H]21. The summed E-state index contributed by atoms with van der Waals surface area (Å²) >= 11 is 0. The molecule has 0 radical (unpaired) electrons. The molecule has 0 amide bonds. The second-order valence-corrected chi connectivity index (χ2v) is 11.3. The maximum absolute atomic E-state index is 11.8. The number of benzene rings is 2. The molecule has 3 N–H and O–H groups in total. The summed E-state index contributed by atoms with van der Waals surface area (Å²) in [6, 6.07) is 19.6. The Kier molecular flexibility index (Phi) is 6.68. The second kappa shape index (κ2) is 10.7. The summed E-state index contributed by atoms with van der Waals surface area (Å²) in [6.07, 6.45) is 1.70. The third kappa shape index (κ3) is 4.70. The van der Waals surface area contributed by atoms with Gasteiger partial charge in [-0.15, -0.1) is 0 Å². The van der Waals surface area contributed by atoms with Gasteiger partial charge in [0.25, 0.3) is 0 Å². The Balaban J connectivity index is 0.000000138. The summed E-state index contributed by atoms with van der Waals surface area (Å²) in [5, 5.41) is 23.0. The van der Waals surface area contributed by atoms with E-state index in [1.165, 1.54) is 0 Å². The van der Waals surface area contributed by atoms with Crippen LogP contribution in [0.15, 0.2) is 60.7 Å². The van der Waals surface area contributed by atoms with Gasteiger partial charge in [0, 0.05) is 46.2 Å². The highest BCUT2D eigenvalue weighted by molar-refractivity contribution is 5.89. The minimum Gasteiger partial charge on any atom is -0.493 e. The topological polar surface area (TPSA) is 139 Å². The standard InChI is InChI=1S/C17H18N2O3.C15H14N2O3/c1-2-21-17(20)16-12-8-11-13(14(11)15(12)18-19-16)9-22-10-6-4-3-5-7-10;18-15(19)14-10-6-9-11(12(9)13(10)16-17-14)7-20-8-4-2-1-3-5-8/h3-7,11,13-14H,2,8-9H2,1H3,(H,18,19);1-5,9,11-12H,6-7H2,(H,16,17)(H,18,19)/t11-,13+,14-;9-,11+,12-/m00/s1. The van der Waals surface area contributed by atoms with E-state index in [2.05, 4.69) is 20.4 Å². The fraction of sp³-hybridized carbons (Fsp3) is 0.375. The van der Waals surface area contributed by atoms with Crippen LogP contribution in [0, 0.1) is 23.7 Å². The lowest BCUT2D eigenvalue weighted by Gasteiger charge is -2.07. The van der Waals surface area contributed by atoms with Crippen molar-refractivity contribution in [2.75, 3.05) is 19.8 Å². The highest BCUT2D eigenvalue weighted by Gasteiger charge is 2.59. The molecule has 4 aliphatic carbocycles. The highest BCUT2D eigenvalue weighted by atomic mass is 16.5. The van der Waals surface area contributed by atoms with Crippen molar-refractivity contribution in [1.82, 2.24) is 20.4 Å². The molecular weight excluding hydrogens is 536 g/mol. The Morgan fingerprint density at radius 1 is 0.786 bits per heavy atom. The molecule has 6 atom stereocenters. The lowest BCUT2D eigenvalue weighted by Crippen LogP contribution is -2.09. The van der Waals surface area contributed by atoms with E-state index in [1.807, 2.05) is 60.7 Å². The van der Waals surface area contributed by atoms with Crippen molar-refractivity contribution < 1.29 is 28.9 Å². The van der Waals surface area contributed by atoms with E-state index in [9.17, 15) is 9.59 Å². The fourth-order valence-electron chi connectivity index (χ4n) is 6.91. The van der Waals surface area contributed by atoms with Crippen molar-refractivity contribution >= 4 is 11.9 Å². The Morgan fingerprint density at radius 2 is 1.26 bits per heavy atom. The van der Waals surface area contributed by atoms with E-state index in [1.54, 1.807) is 6.92 Å². The number of aromatic carboxylic acids is 1. The lowest BCUT2D eigenvalue weighted by atomic mass is 10.1. The van der Waals surface area contributed by atoms with E-state index in [4.69, 9.17) is 19.3 Å². The molecule has 8 rings (SSSR count). The maximum atomic E-state index is 11.8. The number of aromatic nitrogens is 4. The molecule has 0 spiro atoms. The molecule has 10 nitrogen and oxygen atoms in total. The zero-order valence-electron chi connectivity index (χ0n) is 23.2. The number of carboxylic acids is 1. The molecular formula is C32H32N4O6. The first-order chi connectivity index (χ1) is 20.5. The number of H-pyrrole nitrogens is 2. The number of nitrogens with one attached hydrogen (secondary N) is 2. The zero-order valence-corrected chi connectivity index (χ0v) is 23.2. The number of fused-ring (bicyclic) bond motifs is 6. The number of para-hydroxylation sites is 2. The molecule has 2 aromatic heterocycles. The summed E-state index contributed by atoms with van der Waals surface area (Å²) in [5.74, 6) is 3.45. The third-order valence-electron chi connectivity index (χ3n) is 9.05. The average molecular weight is 569 g/mol. The number of aromatic amines is 2. The van der Waals surface area contributed by atoms with Crippen molar-refractivity contribution in [3.8, 4) is 11.5 Å². The van der Waals surface area contributed by atoms with Crippen LogP contribution < -0.4 is 9.47 Å². The van der Waals surface area contributed by atoms with Crippen molar-refractivity contribution in [1.29, 1.82) is 0 Å². The third-order valence-corrected chi connectivity index (χ3v) is 9.05. The van der Waals surface area contributed by atoms with Crippen molar-refractivity contribution in [2.24, 2.45) is 23.7 Å². The molecule has 2 heterocycles. The number of carbonyl (C=O) groups is 2. The first-order valence-corrected chi connectivity index (χ1v) is 14.5. The first kappa shape index (κ1) is 26.3. The minimum absolute atomic E-state index is 0.190. The Labute approximate surface area is 242 Å². The lowest BCUT2D eigenvalue weighted by molar-refractivity contribution is 0.0517. The Bertz CT molecular complexity index is 1600. The molecule has 0 bridgehead atoms. The summed E-state index contributed by atoms with van der Waals surface area (Å²) in [6.45, 7) is 3.58. The van der Waals surface area contributed by atoms with Crippen LogP contribution in [0.1, 0.15) is 62.3 Å². The number of esters is 1. The Morgan fingerprint density at radius 3 is 1.74 bits per heavy atom. The van der Waals surface area contributed by atoms with Crippen LogP contribution in [0.2, 0.25) is 0 Å². The van der Waals surface area contributed by atoms with E-state index >= 15 is 0 Å². The maximum Gasteiger partial charge on any atom is 0.359 e. The minimum atomic E-state index is -0.944. The van der Waals surface area contributed by atoms with Gasteiger partial charge >= 0.3 is 11.9 Å². The molecule has 42 heavy (non-hydrogen) atoms. The Hall–Kier alpha value is -4.60. The van der Waals surface area contributed by atoms with Gasteiger partial charge < -0.3 is 19.3 Å². The van der Waals surface area contributed by atoms with E-state index in [-0.39, 0.29) is 11.7 Å². The van der Waals surface area contributed by atoms with Crippen LogP contribution in [0.25, 0.3) is 0 Å². The smallest absolute Gasteiger partial charge is 0.359 e. The molecule has 4 aromatic rings. The molecule has 2 saturated carbocycles. The number of nitrogens with zero attached hydrogens (tertiary/aromatic N) is 2. The highest BCUT2D eigenvalue weighted by Crippen LogP contribution is 2.62. The van der Waals surface area contributed by atoms with Gasteiger partial charge in [-0.1, -0.05) is 36.4 Å². The number of ether oxygens (including phenoxy) is 3. The average Bonchev–Trinajstić information content (AvgIpc) is 3.47. The number of hydrogen-bond acceptors (Lipinski definition) is 7. The van der Waals surface area contributed by atoms with Crippen LogP contribution in [0.4, 0.5) is 0 Å². The van der Waals surface area contributed by atoms with Crippen molar-refractivity contribution in [3.05, 3.63) is 94.6 Å². The predicted molar refractivity (Wildman–Crippen MR) is 151 cm³/mol. The number of carboxylic acid groups (broad SMARTS) is 1. The summed E-state index contributed by atoms with van der Waals surface area (Å²) in [4.78, 5) is 22.9. The molecule has 4 aliphatic rings. The van der Waals surface area contributed by atoms with E-state index < -0.39 is 5.97 Å². The van der Waals surface area contributed by atoms with Gasteiger partial charge in [-0.3, -0.25) is 10.2 Å². The van der Waals surface area contributed by atoms with Gasteiger partial charge in [0.05, 0.1) is 19.8 Å². The molecule has 10 heteroatoms. The van der Waals surface area contributed by atoms with E-state index in [0.29, 0.717) is 61.0 Å². The number of rotatable bonds is 9. The van der Waals surface area contributed by atoms with Crippen molar-refractivity contribution in [3.63, 3.8) is 0 Å². The quantitative estimate of drug-likeness (QED) is 0.249. The largest absolute Gasteiger partial charge is 0.493 e. The molecule has 0 unspecified atom stereocenters. The van der Waals surface area contributed by atoms with Crippen LogP contribution in [-0.4, -0.2) is 57.3 Å². The molecule has 2 fully saturated rings. The zero-order chi connectivity index (χ0) is 28.8. The van der Waals surface area contributed by atoms with E-state index in [0.717, 1.165) is 46.9 Å².